The Balaban J connectivity index is 1.58. The van der Waals surface area contributed by atoms with Crippen LogP contribution in [0.5, 0.6) is 0 Å². The Labute approximate surface area is 175 Å². The van der Waals surface area contributed by atoms with Gasteiger partial charge in [-0.2, -0.15) is 0 Å². The van der Waals surface area contributed by atoms with Crippen LogP contribution in [0.2, 0.25) is 0 Å². The lowest BCUT2D eigenvalue weighted by Crippen LogP contribution is -2.25. The summed E-state index contributed by atoms with van der Waals surface area (Å²) in [6.45, 7) is 0. The molecule has 7 nitrogen and oxygen atoms in total. The molecule has 3 aromatic heterocycles. The highest BCUT2D eigenvalue weighted by Gasteiger charge is 2.40. The first-order valence-corrected chi connectivity index (χ1v) is 10.2. The van der Waals surface area contributed by atoms with Gasteiger partial charge < -0.3 is 20.7 Å². The number of aromatic nitrogens is 3. The summed E-state index contributed by atoms with van der Waals surface area (Å²) >= 11 is 0. The number of hydrogen-bond donors (Lipinski definition) is 3. The number of fused-ring (bicyclic) bond motifs is 3. The molecule has 30 heavy (non-hydrogen) atoms. The van der Waals surface area contributed by atoms with E-state index in [9.17, 15) is 9.90 Å². The molecule has 0 aromatic carbocycles. The van der Waals surface area contributed by atoms with Crippen molar-refractivity contribution in [3.63, 3.8) is 0 Å². The predicted octanol–water partition coefficient (Wildman–Crippen LogP) is 3.04. The van der Waals surface area contributed by atoms with Gasteiger partial charge in [-0.15, -0.1) is 0 Å². The molecule has 0 unspecified atom stereocenters. The number of nitrogens with zero attached hydrogens (tertiary/aromatic N) is 3. The van der Waals surface area contributed by atoms with Crippen LogP contribution in [0.4, 0.5) is 5.82 Å². The van der Waals surface area contributed by atoms with Gasteiger partial charge in [0.05, 0.1) is 17.0 Å². The quantitative estimate of drug-likeness (QED) is 0.604. The van der Waals surface area contributed by atoms with E-state index in [2.05, 4.69) is 15.0 Å². The number of rotatable bonds is 5. The molecule has 0 aliphatic heterocycles. The summed E-state index contributed by atoms with van der Waals surface area (Å²) in [4.78, 5) is 26.6. The molecule has 2 aliphatic carbocycles. The summed E-state index contributed by atoms with van der Waals surface area (Å²) in [5.41, 5.74) is 12.9. The fraction of sp³-hybridized carbons (Fsp3) is 0.348. The standard InChI is InChI=1S/C23H25N5O2/c1-28(2)19-6-4-14(12-26-19)17-9-16-13(11-25-17)3-5-15-20(22(29)30)18(27-21(15)16)10-23(24)7-8-23/h4,6,9,11-12,27H,3,5,7-8,10,24H2,1-2H3,(H,29,30). The highest BCUT2D eigenvalue weighted by Crippen LogP contribution is 2.41. The summed E-state index contributed by atoms with van der Waals surface area (Å²) in [5, 5.41) is 9.89. The van der Waals surface area contributed by atoms with Gasteiger partial charge in [-0.05, 0) is 55.0 Å². The van der Waals surface area contributed by atoms with Crippen molar-refractivity contribution < 1.29 is 9.90 Å². The Bertz CT molecular complexity index is 1140. The topological polar surface area (TPSA) is 108 Å². The second-order valence-corrected chi connectivity index (χ2v) is 8.70. The number of hydrogen-bond acceptors (Lipinski definition) is 5. The molecular formula is C23H25N5O2. The van der Waals surface area contributed by atoms with Gasteiger partial charge in [0.15, 0.2) is 0 Å². The van der Waals surface area contributed by atoms with Crippen molar-refractivity contribution >= 4 is 11.8 Å². The first-order valence-electron chi connectivity index (χ1n) is 10.2. The highest BCUT2D eigenvalue weighted by atomic mass is 16.4. The fourth-order valence-corrected chi connectivity index (χ4v) is 4.29. The maximum atomic E-state index is 12.1. The molecule has 3 heterocycles. The van der Waals surface area contributed by atoms with E-state index in [-0.39, 0.29) is 5.54 Å². The molecule has 0 spiro atoms. The van der Waals surface area contributed by atoms with Gasteiger partial charge in [-0.1, -0.05) is 0 Å². The van der Waals surface area contributed by atoms with Crippen LogP contribution >= 0.6 is 0 Å². The maximum Gasteiger partial charge on any atom is 0.337 e. The van der Waals surface area contributed by atoms with E-state index >= 15 is 0 Å². The molecular weight excluding hydrogens is 378 g/mol. The zero-order valence-corrected chi connectivity index (χ0v) is 17.2. The SMILES string of the molecule is CN(C)c1ccc(-c2cc3c(cn2)CCc2c-3[nH]c(CC3(N)CC3)c2C(=O)O)cn1. The van der Waals surface area contributed by atoms with Crippen LogP contribution in [-0.2, 0) is 19.3 Å². The molecule has 0 saturated heterocycles. The molecule has 1 saturated carbocycles. The van der Waals surface area contributed by atoms with E-state index in [0.29, 0.717) is 18.4 Å². The number of H-pyrrole nitrogens is 1. The van der Waals surface area contributed by atoms with Gasteiger partial charge in [0.1, 0.15) is 5.82 Å². The fourth-order valence-electron chi connectivity index (χ4n) is 4.29. The zero-order chi connectivity index (χ0) is 21.0. The zero-order valence-electron chi connectivity index (χ0n) is 17.2. The van der Waals surface area contributed by atoms with Crippen LogP contribution in [0.1, 0.15) is 40.0 Å². The summed E-state index contributed by atoms with van der Waals surface area (Å²) < 4.78 is 0. The average Bonchev–Trinajstić information content (AvgIpc) is 3.32. The van der Waals surface area contributed by atoms with Crippen LogP contribution in [0.3, 0.4) is 0 Å². The number of carboxylic acids is 1. The number of carbonyl (C=O) groups is 1. The molecule has 0 amide bonds. The third kappa shape index (κ3) is 3.15. The van der Waals surface area contributed by atoms with Gasteiger partial charge in [0, 0.05) is 55.3 Å². The van der Waals surface area contributed by atoms with Gasteiger partial charge >= 0.3 is 5.97 Å². The highest BCUT2D eigenvalue weighted by molar-refractivity contribution is 5.95. The number of aromatic amines is 1. The molecule has 154 valence electrons. The van der Waals surface area contributed by atoms with Crippen LogP contribution in [0, 0.1) is 0 Å². The van der Waals surface area contributed by atoms with Crippen molar-refractivity contribution in [2.24, 2.45) is 5.73 Å². The number of aryl methyl sites for hydroxylation is 1. The van der Waals surface area contributed by atoms with Gasteiger partial charge in [-0.25, -0.2) is 9.78 Å². The minimum absolute atomic E-state index is 0.260. The Morgan fingerprint density at radius 3 is 2.67 bits per heavy atom. The lowest BCUT2D eigenvalue weighted by molar-refractivity contribution is 0.0694. The van der Waals surface area contributed by atoms with E-state index in [1.165, 1.54) is 0 Å². The van der Waals surface area contributed by atoms with Crippen molar-refractivity contribution in [3.8, 4) is 22.5 Å². The second-order valence-electron chi connectivity index (χ2n) is 8.70. The largest absolute Gasteiger partial charge is 0.478 e. The monoisotopic (exact) mass is 403 g/mol. The number of nitrogens with one attached hydrogen (secondary N) is 1. The minimum atomic E-state index is -0.882. The van der Waals surface area contributed by atoms with Crippen LogP contribution in [0.25, 0.3) is 22.5 Å². The van der Waals surface area contributed by atoms with E-state index < -0.39 is 5.97 Å². The summed E-state index contributed by atoms with van der Waals surface area (Å²) in [7, 11) is 3.91. The lowest BCUT2D eigenvalue weighted by Gasteiger charge is -2.18. The van der Waals surface area contributed by atoms with E-state index in [1.54, 1.807) is 0 Å². The average molecular weight is 403 g/mol. The van der Waals surface area contributed by atoms with Crippen molar-refractivity contribution in [2.45, 2.75) is 37.6 Å². The van der Waals surface area contributed by atoms with Crippen LogP contribution in [-0.4, -0.2) is 45.7 Å². The van der Waals surface area contributed by atoms with E-state index in [1.807, 2.05) is 49.6 Å². The molecule has 0 bridgehead atoms. The molecule has 2 aliphatic rings. The minimum Gasteiger partial charge on any atom is -0.478 e. The Morgan fingerprint density at radius 1 is 1.23 bits per heavy atom. The molecule has 5 rings (SSSR count). The summed E-state index contributed by atoms with van der Waals surface area (Å²) in [6, 6.07) is 6.02. The van der Waals surface area contributed by atoms with Crippen molar-refractivity contribution in [2.75, 3.05) is 19.0 Å². The van der Waals surface area contributed by atoms with Gasteiger partial charge in [-0.3, -0.25) is 4.98 Å². The molecule has 0 atom stereocenters. The van der Waals surface area contributed by atoms with Crippen molar-refractivity contribution in [1.29, 1.82) is 0 Å². The molecule has 7 heteroatoms. The maximum absolute atomic E-state index is 12.1. The van der Waals surface area contributed by atoms with Gasteiger partial charge in [0.25, 0.3) is 0 Å². The number of carboxylic acid groups (broad SMARTS) is 1. The smallest absolute Gasteiger partial charge is 0.337 e. The first kappa shape index (κ1) is 18.8. The normalized spacial score (nSPS) is 16.0. The van der Waals surface area contributed by atoms with E-state index in [0.717, 1.165) is 64.4 Å². The molecule has 0 radical (unpaired) electrons. The predicted molar refractivity (Wildman–Crippen MR) is 116 cm³/mol. The van der Waals surface area contributed by atoms with Crippen LogP contribution < -0.4 is 10.6 Å². The van der Waals surface area contributed by atoms with E-state index in [4.69, 9.17) is 5.73 Å². The number of anilines is 1. The van der Waals surface area contributed by atoms with Crippen LogP contribution in [0.15, 0.2) is 30.6 Å². The number of nitrogens with two attached hydrogens (primary N) is 1. The Morgan fingerprint density at radius 2 is 2.03 bits per heavy atom. The van der Waals surface area contributed by atoms with Gasteiger partial charge in [0.2, 0.25) is 0 Å². The third-order valence-corrected chi connectivity index (χ3v) is 6.22. The van der Waals surface area contributed by atoms with Crippen molar-refractivity contribution in [1.82, 2.24) is 15.0 Å². The Kier molecular flexibility index (Phi) is 4.18. The first-order chi connectivity index (χ1) is 14.3. The third-order valence-electron chi connectivity index (χ3n) is 6.22. The molecule has 1 fully saturated rings. The number of aromatic carboxylic acids is 1. The number of pyridine rings is 2. The van der Waals surface area contributed by atoms with Crippen molar-refractivity contribution in [3.05, 3.63) is 53.0 Å². The molecule has 4 N–H and O–H groups in total. The lowest BCUT2D eigenvalue weighted by atomic mass is 9.88. The Hall–Kier alpha value is -3.19. The summed E-state index contributed by atoms with van der Waals surface area (Å²) in [6.07, 6.45) is 7.65. The second kappa shape index (κ2) is 6.67. The molecule has 3 aromatic rings. The summed E-state index contributed by atoms with van der Waals surface area (Å²) in [5.74, 6) is 0.00264.